The van der Waals surface area contributed by atoms with Crippen LogP contribution in [0.15, 0.2) is 0 Å². The van der Waals surface area contributed by atoms with Gasteiger partial charge in [-0.2, -0.15) is 0 Å². The van der Waals surface area contributed by atoms with Crippen LogP contribution in [0.2, 0.25) is 0 Å². The third-order valence-electron chi connectivity index (χ3n) is 3.68. The molecule has 1 atom stereocenters. The van der Waals surface area contributed by atoms with Gasteiger partial charge in [0.25, 0.3) is 0 Å². The summed E-state index contributed by atoms with van der Waals surface area (Å²) in [5.41, 5.74) is 0.377. The zero-order valence-electron chi connectivity index (χ0n) is 11.3. The molecule has 96 valence electrons. The summed E-state index contributed by atoms with van der Waals surface area (Å²) in [6.07, 6.45) is 11.0. The Morgan fingerprint density at radius 2 is 1.88 bits per heavy atom. The van der Waals surface area contributed by atoms with Gasteiger partial charge in [0.2, 0.25) is 0 Å². The first kappa shape index (κ1) is 14.0. The Bertz CT molecular complexity index is 162. The van der Waals surface area contributed by atoms with E-state index >= 15 is 0 Å². The predicted molar refractivity (Wildman–Crippen MR) is 71.9 cm³/mol. The Hall–Kier alpha value is -0.0800. The monoisotopic (exact) mass is 226 g/mol. The lowest BCUT2D eigenvalue weighted by Gasteiger charge is -2.24. The minimum absolute atomic E-state index is 0.377. The Labute approximate surface area is 102 Å². The molecule has 0 radical (unpaired) electrons. The SMILES string of the molecule is CCCCCCCCNCC1(C)CCCN1. The van der Waals surface area contributed by atoms with Crippen LogP contribution >= 0.6 is 0 Å². The fourth-order valence-electron chi connectivity index (χ4n) is 2.50. The number of rotatable bonds is 9. The first-order valence-electron chi connectivity index (χ1n) is 7.22. The Morgan fingerprint density at radius 3 is 2.56 bits per heavy atom. The van der Waals surface area contributed by atoms with Crippen LogP contribution < -0.4 is 10.6 Å². The topological polar surface area (TPSA) is 24.1 Å². The van der Waals surface area contributed by atoms with E-state index in [2.05, 4.69) is 24.5 Å². The molecular weight excluding hydrogens is 196 g/mol. The lowest BCUT2D eigenvalue weighted by atomic mass is 10.0. The Kier molecular flexibility index (Phi) is 7.06. The summed E-state index contributed by atoms with van der Waals surface area (Å²) >= 11 is 0. The molecular formula is C14H30N2. The molecule has 0 amide bonds. The molecule has 0 aromatic carbocycles. The highest BCUT2D eigenvalue weighted by molar-refractivity contribution is 4.90. The minimum atomic E-state index is 0.377. The molecule has 0 aromatic heterocycles. The summed E-state index contributed by atoms with van der Waals surface area (Å²) in [5.74, 6) is 0. The zero-order chi connectivity index (χ0) is 11.7. The standard InChI is InChI=1S/C14H30N2/c1-3-4-5-6-7-8-11-15-13-14(2)10-9-12-16-14/h15-16H,3-13H2,1-2H3. The normalized spacial score (nSPS) is 25.1. The van der Waals surface area contributed by atoms with Crippen LogP contribution in [0.5, 0.6) is 0 Å². The van der Waals surface area contributed by atoms with Crippen molar-refractivity contribution >= 4 is 0 Å². The maximum atomic E-state index is 3.60. The molecule has 1 unspecified atom stereocenters. The second-order valence-electron chi connectivity index (χ2n) is 5.54. The molecule has 0 aromatic rings. The van der Waals surface area contributed by atoms with E-state index in [4.69, 9.17) is 0 Å². The molecule has 1 saturated heterocycles. The van der Waals surface area contributed by atoms with Crippen LogP contribution in [0.25, 0.3) is 0 Å². The third-order valence-corrected chi connectivity index (χ3v) is 3.68. The number of nitrogens with one attached hydrogen (secondary N) is 2. The first-order valence-corrected chi connectivity index (χ1v) is 7.22. The van der Waals surface area contributed by atoms with Crippen molar-refractivity contribution in [2.45, 2.75) is 70.8 Å². The molecule has 16 heavy (non-hydrogen) atoms. The first-order chi connectivity index (χ1) is 7.77. The van der Waals surface area contributed by atoms with Crippen LogP contribution in [0.4, 0.5) is 0 Å². The van der Waals surface area contributed by atoms with Crippen molar-refractivity contribution in [3.63, 3.8) is 0 Å². The summed E-state index contributed by atoms with van der Waals surface area (Å²) in [7, 11) is 0. The van der Waals surface area contributed by atoms with E-state index in [-0.39, 0.29) is 0 Å². The van der Waals surface area contributed by atoms with Crippen LogP contribution in [0.3, 0.4) is 0 Å². The molecule has 1 aliphatic heterocycles. The van der Waals surface area contributed by atoms with E-state index in [0.717, 1.165) is 6.54 Å². The molecule has 0 bridgehead atoms. The summed E-state index contributed by atoms with van der Waals surface area (Å²) in [5, 5.41) is 7.19. The number of unbranched alkanes of at least 4 members (excludes halogenated alkanes) is 5. The van der Waals surface area contributed by atoms with Gasteiger partial charge in [0.05, 0.1) is 0 Å². The molecule has 0 spiro atoms. The molecule has 2 nitrogen and oxygen atoms in total. The molecule has 2 N–H and O–H groups in total. The molecule has 1 fully saturated rings. The van der Waals surface area contributed by atoms with E-state index < -0.39 is 0 Å². The Balaban J connectivity index is 1.84. The zero-order valence-corrected chi connectivity index (χ0v) is 11.3. The lowest BCUT2D eigenvalue weighted by molar-refractivity contribution is 0.383. The second kappa shape index (κ2) is 8.08. The highest BCUT2D eigenvalue weighted by atomic mass is 15.0. The summed E-state index contributed by atoms with van der Waals surface area (Å²) < 4.78 is 0. The van der Waals surface area contributed by atoms with Gasteiger partial charge in [-0.3, -0.25) is 0 Å². The number of hydrogen-bond donors (Lipinski definition) is 2. The lowest BCUT2D eigenvalue weighted by Crippen LogP contribution is -2.45. The van der Waals surface area contributed by atoms with Crippen LogP contribution in [0, 0.1) is 0 Å². The van der Waals surface area contributed by atoms with Crippen molar-refractivity contribution in [1.29, 1.82) is 0 Å². The second-order valence-corrected chi connectivity index (χ2v) is 5.54. The van der Waals surface area contributed by atoms with Gasteiger partial charge in [-0.1, -0.05) is 39.0 Å². The molecule has 2 heteroatoms. The van der Waals surface area contributed by atoms with Crippen LogP contribution in [-0.4, -0.2) is 25.2 Å². The molecule has 1 heterocycles. The fraction of sp³-hybridized carbons (Fsp3) is 1.00. The summed E-state index contributed by atoms with van der Waals surface area (Å²) in [6.45, 7) is 8.16. The van der Waals surface area contributed by atoms with Crippen molar-refractivity contribution in [3.05, 3.63) is 0 Å². The highest BCUT2D eigenvalue weighted by Crippen LogP contribution is 2.16. The average molecular weight is 226 g/mol. The third kappa shape index (κ3) is 5.86. The van der Waals surface area contributed by atoms with Gasteiger partial charge in [-0.05, 0) is 39.3 Å². The van der Waals surface area contributed by atoms with E-state index in [1.807, 2.05) is 0 Å². The minimum Gasteiger partial charge on any atom is -0.315 e. The van der Waals surface area contributed by atoms with E-state index in [1.165, 1.54) is 64.5 Å². The number of hydrogen-bond acceptors (Lipinski definition) is 2. The van der Waals surface area contributed by atoms with Crippen molar-refractivity contribution in [2.24, 2.45) is 0 Å². The predicted octanol–water partition coefficient (Wildman–Crippen LogP) is 3.08. The summed E-state index contributed by atoms with van der Waals surface area (Å²) in [6, 6.07) is 0. The molecule has 1 rings (SSSR count). The van der Waals surface area contributed by atoms with Crippen LogP contribution in [0.1, 0.15) is 65.2 Å². The van der Waals surface area contributed by atoms with Gasteiger partial charge < -0.3 is 10.6 Å². The van der Waals surface area contributed by atoms with Crippen LogP contribution in [-0.2, 0) is 0 Å². The quantitative estimate of drug-likeness (QED) is 0.590. The van der Waals surface area contributed by atoms with Gasteiger partial charge in [-0.25, -0.2) is 0 Å². The average Bonchev–Trinajstić information content (AvgIpc) is 2.70. The molecule has 0 saturated carbocycles. The fourth-order valence-corrected chi connectivity index (χ4v) is 2.50. The maximum Gasteiger partial charge on any atom is 0.0278 e. The Morgan fingerprint density at radius 1 is 1.12 bits per heavy atom. The largest absolute Gasteiger partial charge is 0.315 e. The van der Waals surface area contributed by atoms with Crippen molar-refractivity contribution in [3.8, 4) is 0 Å². The van der Waals surface area contributed by atoms with E-state index in [9.17, 15) is 0 Å². The van der Waals surface area contributed by atoms with Crippen molar-refractivity contribution < 1.29 is 0 Å². The van der Waals surface area contributed by atoms with E-state index in [1.54, 1.807) is 0 Å². The maximum absolute atomic E-state index is 3.60. The van der Waals surface area contributed by atoms with Gasteiger partial charge in [-0.15, -0.1) is 0 Å². The van der Waals surface area contributed by atoms with Gasteiger partial charge in [0, 0.05) is 12.1 Å². The highest BCUT2D eigenvalue weighted by Gasteiger charge is 2.26. The van der Waals surface area contributed by atoms with Crippen molar-refractivity contribution in [2.75, 3.05) is 19.6 Å². The smallest absolute Gasteiger partial charge is 0.0278 e. The molecule has 1 aliphatic rings. The van der Waals surface area contributed by atoms with Gasteiger partial charge in [0.1, 0.15) is 0 Å². The van der Waals surface area contributed by atoms with Gasteiger partial charge in [0.15, 0.2) is 0 Å². The summed E-state index contributed by atoms with van der Waals surface area (Å²) in [4.78, 5) is 0. The van der Waals surface area contributed by atoms with E-state index in [0.29, 0.717) is 5.54 Å². The van der Waals surface area contributed by atoms with Gasteiger partial charge >= 0.3 is 0 Å². The molecule has 0 aliphatic carbocycles. The van der Waals surface area contributed by atoms with Crippen molar-refractivity contribution in [1.82, 2.24) is 10.6 Å².